The molecule has 0 bridgehead atoms. The van der Waals surface area contributed by atoms with Crippen LogP contribution in [0.5, 0.6) is 0 Å². The average molecular weight is 698 g/mol. The first-order valence-electron chi connectivity index (χ1n) is 10.9. The molecule has 0 aromatic heterocycles. The second-order valence-electron chi connectivity index (χ2n) is 8.41. The van der Waals surface area contributed by atoms with Crippen molar-refractivity contribution in [1.82, 2.24) is 12.3 Å². The van der Waals surface area contributed by atoms with E-state index in [0.717, 1.165) is 0 Å². The van der Waals surface area contributed by atoms with E-state index in [1.165, 1.54) is 0 Å². The van der Waals surface area contributed by atoms with E-state index in [-0.39, 0.29) is 117 Å². The summed E-state index contributed by atoms with van der Waals surface area (Å²) in [6, 6.07) is 0. The Morgan fingerprint density at radius 2 is 0.651 bits per heavy atom. The van der Waals surface area contributed by atoms with Crippen molar-refractivity contribution in [2.75, 3.05) is 78.8 Å². The zero-order valence-corrected chi connectivity index (χ0v) is 31.2. The van der Waals surface area contributed by atoms with Crippen molar-refractivity contribution in [1.29, 1.82) is 0 Å². The SMILES string of the molecule is N.N.O=C(O)C[N+]1(CC(=O)O)CC(=O)OCCOC(=O)C1.O=C(O)C[N+]1(CC(=O)O)CC(=O)OCCOC(=O)C1.[Na+].[Na+].[Zn+2]. The number of quaternary nitrogens is 2. The van der Waals surface area contributed by atoms with Crippen LogP contribution in [0.15, 0.2) is 0 Å². The molecule has 43 heavy (non-hydrogen) atoms. The van der Waals surface area contributed by atoms with Crippen LogP contribution in [0.3, 0.4) is 0 Å². The van der Waals surface area contributed by atoms with Gasteiger partial charge in [-0.3, -0.25) is 8.97 Å². The van der Waals surface area contributed by atoms with Gasteiger partial charge in [0.25, 0.3) is 0 Å². The van der Waals surface area contributed by atoms with E-state index >= 15 is 0 Å². The molecule has 0 spiro atoms. The van der Waals surface area contributed by atoms with Crippen molar-refractivity contribution in [2.45, 2.75) is 0 Å². The van der Waals surface area contributed by atoms with Crippen molar-refractivity contribution in [3.05, 3.63) is 0 Å². The average Bonchev–Trinajstić information content (AvgIpc) is 2.82. The van der Waals surface area contributed by atoms with Crippen LogP contribution in [-0.4, -0.2) is 156 Å². The van der Waals surface area contributed by atoms with E-state index in [9.17, 15) is 38.4 Å². The molecular formula is C20H34N4Na2O16Zn+6. The topological polar surface area (TPSA) is 324 Å². The number of carboxylic acid groups (broad SMARTS) is 4. The Labute approximate surface area is 302 Å². The largest absolute Gasteiger partial charge is 2.00 e. The maximum absolute atomic E-state index is 11.5. The Balaban J connectivity index is -0.000000201. The molecule has 2 saturated heterocycles. The molecule has 2 heterocycles. The smallest absolute Gasteiger partial charge is 0.477 e. The Morgan fingerprint density at radius 1 is 0.488 bits per heavy atom. The van der Waals surface area contributed by atoms with Gasteiger partial charge in [-0.1, -0.05) is 0 Å². The quantitative estimate of drug-likeness (QED) is 0.0593. The van der Waals surface area contributed by atoms with Crippen LogP contribution in [0.25, 0.3) is 0 Å². The number of hydrogen-bond donors (Lipinski definition) is 6. The van der Waals surface area contributed by atoms with E-state index in [1.807, 2.05) is 0 Å². The molecule has 2 rings (SSSR count). The molecule has 23 heteroatoms. The van der Waals surface area contributed by atoms with E-state index in [4.69, 9.17) is 39.4 Å². The van der Waals surface area contributed by atoms with Gasteiger partial charge in [0.05, 0.1) is 0 Å². The number of carbonyl (C=O) groups excluding carboxylic acids is 4. The molecule has 0 radical (unpaired) electrons. The second kappa shape index (κ2) is 24.5. The van der Waals surface area contributed by atoms with Gasteiger partial charge >= 0.3 is 126 Å². The number of aliphatic carboxylic acids is 4. The first kappa shape index (κ1) is 50.8. The maximum Gasteiger partial charge on any atom is 2.00 e. The third kappa shape index (κ3) is 21.5. The van der Waals surface area contributed by atoms with Crippen molar-refractivity contribution in [3.8, 4) is 0 Å². The predicted octanol–water partition coefficient (Wildman–Crippen LogP) is -9.53. The number of carbonyl (C=O) groups is 8. The molecule has 0 aromatic rings. The van der Waals surface area contributed by atoms with Gasteiger partial charge in [0.2, 0.25) is 0 Å². The second-order valence-corrected chi connectivity index (χ2v) is 8.41. The monoisotopic (exact) mass is 696 g/mol. The minimum atomic E-state index is -1.32. The maximum atomic E-state index is 11.5. The summed E-state index contributed by atoms with van der Waals surface area (Å²) >= 11 is 0. The van der Waals surface area contributed by atoms with Crippen LogP contribution in [0, 0.1) is 0 Å². The van der Waals surface area contributed by atoms with Crippen LogP contribution >= 0.6 is 0 Å². The third-order valence-electron chi connectivity index (χ3n) is 4.96. The molecule has 2 fully saturated rings. The standard InChI is InChI=1S/2C10H13NO8.2H3N.2Na.Zn/c2*12-7(13)3-11(4-8(14)15)5-9(16)18-1-2-19-10(17)6-11;;;;;/h2*1-6H2,(H-,12,13,14,15);2*1H3;;;/q;;;;2*+1;+2/p+2. The Bertz CT molecular complexity index is 835. The summed E-state index contributed by atoms with van der Waals surface area (Å²) in [5.41, 5.74) is 0. The van der Waals surface area contributed by atoms with Gasteiger partial charge in [0.15, 0.2) is 52.4 Å². The molecule has 0 atom stereocenters. The van der Waals surface area contributed by atoms with Crippen LogP contribution < -0.4 is 71.4 Å². The van der Waals surface area contributed by atoms with Gasteiger partial charge in [0, 0.05) is 0 Å². The van der Waals surface area contributed by atoms with E-state index in [1.54, 1.807) is 0 Å². The summed E-state index contributed by atoms with van der Waals surface area (Å²) in [5.74, 6) is -8.33. The Morgan fingerprint density at radius 3 is 0.791 bits per heavy atom. The van der Waals surface area contributed by atoms with Crippen molar-refractivity contribution >= 4 is 47.8 Å². The molecule has 0 saturated carbocycles. The fourth-order valence-corrected chi connectivity index (χ4v) is 3.72. The molecule has 10 N–H and O–H groups in total. The normalized spacial score (nSPS) is 17.1. The van der Waals surface area contributed by atoms with Crippen molar-refractivity contribution < 1.29 is 165 Å². The van der Waals surface area contributed by atoms with Crippen LogP contribution in [0.4, 0.5) is 0 Å². The number of rotatable bonds is 8. The number of esters is 4. The first-order chi connectivity index (χ1) is 17.7. The molecule has 0 amide bonds. The van der Waals surface area contributed by atoms with Gasteiger partial charge < -0.3 is 51.7 Å². The van der Waals surface area contributed by atoms with Crippen molar-refractivity contribution in [3.63, 3.8) is 0 Å². The number of carboxylic acids is 4. The zero-order chi connectivity index (χ0) is 28.9. The Hall–Kier alpha value is -1.78. The van der Waals surface area contributed by atoms with Gasteiger partial charge in [0.1, 0.15) is 26.4 Å². The molecule has 0 aliphatic carbocycles. The van der Waals surface area contributed by atoms with Gasteiger partial charge in [-0.05, 0) is 0 Å². The Kier molecular flexibility index (Phi) is 29.0. The molecular weight excluding hydrogens is 664 g/mol. The molecule has 228 valence electrons. The van der Waals surface area contributed by atoms with Crippen LogP contribution in [0.1, 0.15) is 0 Å². The number of cyclic esters (lactones) is 4. The number of ether oxygens (including phenoxy) is 4. The minimum absolute atomic E-state index is 0. The van der Waals surface area contributed by atoms with Crippen LogP contribution in [-0.2, 0) is 76.8 Å². The summed E-state index contributed by atoms with van der Waals surface area (Å²) in [4.78, 5) is 89.3. The third-order valence-corrected chi connectivity index (χ3v) is 4.96. The van der Waals surface area contributed by atoms with E-state index < -0.39 is 109 Å². The fraction of sp³-hybridized carbons (Fsp3) is 0.600. The molecule has 2 aliphatic rings. The fourth-order valence-electron chi connectivity index (χ4n) is 3.72. The summed E-state index contributed by atoms with van der Waals surface area (Å²) in [7, 11) is 0. The molecule has 2 aliphatic heterocycles. The van der Waals surface area contributed by atoms with E-state index in [2.05, 4.69) is 0 Å². The predicted molar refractivity (Wildman–Crippen MR) is 124 cm³/mol. The van der Waals surface area contributed by atoms with Gasteiger partial charge in [-0.25, -0.2) is 38.4 Å². The zero-order valence-electron chi connectivity index (χ0n) is 24.2. The summed E-state index contributed by atoms with van der Waals surface area (Å²) in [5, 5.41) is 35.3. The van der Waals surface area contributed by atoms with Gasteiger partial charge in [-0.15, -0.1) is 0 Å². The first-order valence-corrected chi connectivity index (χ1v) is 10.9. The summed E-state index contributed by atoms with van der Waals surface area (Å²) in [6.07, 6.45) is 0. The van der Waals surface area contributed by atoms with Crippen LogP contribution in [0.2, 0.25) is 0 Å². The number of hydrogen-bond acceptors (Lipinski definition) is 14. The number of nitrogens with zero attached hydrogens (tertiary/aromatic N) is 2. The molecule has 0 unspecified atom stereocenters. The molecule has 20 nitrogen and oxygen atoms in total. The molecule has 0 aromatic carbocycles. The van der Waals surface area contributed by atoms with Gasteiger partial charge in [-0.2, -0.15) is 0 Å². The van der Waals surface area contributed by atoms with E-state index in [0.29, 0.717) is 0 Å². The minimum Gasteiger partial charge on any atom is -0.477 e. The van der Waals surface area contributed by atoms with Crippen molar-refractivity contribution in [2.24, 2.45) is 0 Å². The summed E-state index contributed by atoms with van der Waals surface area (Å²) in [6.45, 7) is -5.30. The summed E-state index contributed by atoms with van der Waals surface area (Å²) < 4.78 is 17.3.